The molecular formula is C17H22N2OS. The summed E-state index contributed by atoms with van der Waals surface area (Å²) in [7, 11) is 0. The maximum Gasteiger partial charge on any atom is 0.146 e. The van der Waals surface area contributed by atoms with Crippen LogP contribution in [0.4, 0.5) is 0 Å². The van der Waals surface area contributed by atoms with Gasteiger partial charge in [0.2, 0.25) is 0 Å². The van der Waals surface area contributed by atoms with E-state index in [1.165, 1.54) is 10.4 Å². The van der Waals surface area contributed by atoms with Gasteiger partial charge in [0.15, 0.2) is 0 Å². The minimum atomic E-state index is 0.0914. The summed E-state index contributed by atoms with van der Waals surface area (Å²) in [5, 5.41) is 6.68. The third kappa shape index (κ3) is 2.95. The van der Waals surface area contributed by atoms with Crippen LogP contribution in [0.1, 0.15) is 61.2 Å². The van der Waals surface area contributed by atoms with Gasteiger partial charge in [-0.2, -0.15) is 5.10 Å². The van der Waals surface area contributed by atoms with Crippen LogP contribution < -0.4 is 0 Å². The van der Waals surface area contributed by atoms with Crippen molar-refractivity contribution < 1.29 is 4.79 Å². The van der Waals surface area contributed by atoms with E-state index in [-0.39, 0.29) is 5.92 Å². The molecule has 0 radical (unpaired) electrons. The summed E-state index contributed by atoms with van der Waals surface area (Å²) in [6.07, 6.45) is 6.77. The molecule has 2 atom stereocenters. The molecule has 0 aliphatic heterocycles. The molecule has 0 aromatic carbocycles. The summed E-state index contributed by atoms with van der Waals surface area (Å²) in [5.41, 5.74) is 2.18. The van der Waals surface area contributed by atoms with E-state index in [4.69, 9.17) is 0 Å². The zero-order valence-corrected chi connectivity index (χ0v) is 13.5. The van der Waals surface area contributed by atoms with Gasteiger partial charge in [0.1, 0.15) is 5.78 Å². The van der Waals surface area contributed by atoms with Gasteiger partial charge in [0.05, 0.1) is 12.1 Å². The number of hydrogen-bond acceptors (Lipinski definition) is 3. The standard InChI is InChI=1S/C17H22N2OS/c1-3-12(2)19-9-7-13(18-19)11-16(20)14-5-4-6-17-15(14)8-10-21-17/h7-10,12,14H,3-6,11H2,1-2H3. The molecule has 0 amide bonds. The van der Waals surface area contributed by atoms with Gasteiger partial charge < -0.3 is 0 Å². The Morgan fingerprint density at radius 3 is 3.19 bits per heavy atom. The van der Waals surface area contributed by atoms with Gasteiger partial charge in [-0.05, 0) is 55.7 Å². The van der Waals surface area contributed by atoms with Crippen molar-refractivity contribution in [3.63, 3.8) is 0 Å². The Morgan fingerprint density at radius 1 is 1.52 bits per heavy atom. The summed E-state index contributed by atoms with van der Waals surface area (Å²) in [5.74, 6) is 0.414. The Labute approximate surface area is 130 Å². The van der Waals surface area contributed by atoms with Crippen molar-refractivity contribution in [2.24, 2.45) is 0 Å². The Balaban J connectivity index is 1.71. The lowest BCUT2D eigenvalue weighted by molar-refractivity contribution is -0.120. The lowest BCUT2D eigenvalue weighted by Crippen LogP contribution is -2.19. The Kier molecular flexibility index (Phi) is 4.24. The number of carbonyl (C=O) groups is 1. The van der Waals surface area contributed by atoms with E-state index in [1.54, 1.807) is 11.3 Å². The molecule has 2 heterocycles. The van der Waals surface area contributed by atoms with Crippen molar-refractivity contribution in [1.82, 2.24) is 9.78 Å². The lowest BCUT2D eigenvalue weighted by Gasteiger charge is -2.21. The van der Waals surface area contributed by atoms with Crippen LogP contribution in [0, 0.1) is 0 Å². The molecule has 0 N–H and O–H groups in total. The first-order valence-electron chi connectivity index (χ1n) is 7.82. The second-order valence-electron chi connectivity index (χ2n) is 5.93. The Bertz CT molecular complexity index is 628. The third-order valence-electron chi connectivity index (χ3n) is 4.50. The molecular weight excluding hydrogens is 280 g/mol. The van der Waals surface area contributed by atoms with Gasteiger partial charge >= 0.3 is 0 Å². The van der Waals surface area contributed by atoms with Crippen LogP contribution >= 0.6 is 11.3 Å². The number of ketones is 1. The first-order valence-corrected chi connectivity index (χ1v) is 8.70. The van der Waals surface area contributed by atoms with Crippen LogP contribution in [0.2, 0.25) is 0 Å². The highest BCUT2D eigenvalue weighted by molar-refractivity contribution is 7.10. The van der Waals surface area contributed by atoms with E-state index in [9.17, 15) is 4.79 Å². The van der Waals surface area contributed by atoms with E-state index in [0.29, 0.717) is 18.2 Å². The molecule has 0 spiro atoms. The number of carbonyl (C=O) groups excluding carboxylic acids is 1. The summed E-state index contributed by atoms with van der Waals surface area (Å²) < 4.78 is 1.97. The second kappa shape index (κ2) is 6.14. The molecule has 2 aromatic rings. The molecule has 2 unspecified atom stereocenters. The minimum absolute atomic E-state index is 0.0914. The molecule has 3 nitrogen and oxygen atoms in total. The first kappa shape index (κ1) is 14.5. The van der Waals surface area contributed by atoms with Gasteiger partial charge in [-0.25, -0.2) is 0 Å². The minimum Gasteiger partial charge on any atom is -0.299 e. The van der Waals surface area contributed by atoms with E-state index in [1.807, 2.05) is 16.9 Å². The molecule has 0 bridgehead atoms. The maximum atomic E-state index is 12.6. The van der Waals surface area contributed by atoms with Crippen molar-refractivity contribution in [3.05, 3.63) is 39.8 Å². The van der Waals surface area contributed by atoms with Gasteiger partial charge in [-0.15, -0.1) is 11.3 Å². The zero-order chi connectivity index (χ0) is 14.8. The molecule has 0 saturated heterocycles. The van der Waals surface area contributed by atoms with Crippen LogP contribution in [0.3, 0.4) is 0 Å². The number of thiophene rings is 1. The molecule has 112 valence electrons. The summed E-state index contributed by atoms with van der Waals surface area (Å²) in [6, 6.07) is 4.52. The Morgan fingerprint density at radius 2 is 2.38 bits per heavy atom. The smallest absolute Gasteiger partial charge is 0.146 e. The molecule has 4 heteroatoms. The highest BCUT2D eigenvalue weighted by Crippen LogP contribution is 2.36. The highest BCUT2D eigenvalue weighted by atomic mass is 32.1. The van der Waals surface area contributed by atoms with Crippen LogP contribution in [0.15, 0.2) is 23.7 Å². The molecule has 0 fully saturated rings. The average Bonchev–Trinajstić information content (AvgIpc) is 3.14. The normalized spacial score (nSPS) is 19.2. The van der Waals surface area contributed by atoms with E-state index >= 15 is 0 Å². The van der Waals surface area contributed by atoms with E-state index in [0.717, 1.165) is 31.4 Å². The monoisotopic (exact) mass is 302 g/mol. The number of hydrogen-bond donors (Lipinski definition) is 0. The Hall–Kier alpha value is -1.42. The fraction of sp³-hybridized carbons (Fsp3) is 0.529. The number of aromatic nitrogens is 2. The van der Waals surface area contributed by atoms with Crippen LogP contribution in [-0.2, 0) is 17.6 Å². The number of rotatable bonds is 5. The topological polar surface area (TPSA) is 34.9 Å². The summed E-state index contributed by atoms with van der Waals surface area (Å²) >= 11 is 1.79. The highest BCUT2D eigenvalue weighted by Gasteiger charge is 2.27. The largest absolute Gasteiger partial charge is 0.299 e. The zero-order valence-electron chi connectivity index (χ0n) is 12.7. The number of fused-ring (bicyclic) bond motifs is 1. The van der Waals surface area contributed by atoms with Crippen molar-refractivity contribution in [1.29, 1.82) is 0 Å². The quantitative estimate of drug-likeness (QED) is 0.831. The SMILES string of the molecule is CCC(C)n1ccc(CC(=O)C2CCCc3sccc32)n1. The van der Waals surface area contributed by atoms with E-state index in [2.05, 4.69) is 30.4 Å². The van der Waals surface area contributed by atoms with Gasteiger partial charge in [0.25, 0.3) is 0 Å². The second-order valence-corrected chi connectivity index (χ2v) is 6.93. The van der Waals surface area contributed by atoms with Crippen molar-refractivity contribution >= 4 is 17.1 Å². The first-order chi connectivity index (χ1) is 10.2. The molecule has 3 rings (SSSR count). The van der Waals surface area contributed by atoms with Gasteiger partial charge in [0, 0.05) is 23.0 Å². The van der Waals surface area contributed by atoms with Crippen LogP contribution in [0.25, 0.3) is 0 Å². The molecule has 21 heavy (non-hydrogen) atoms. The average molecular weight is 302 g/mol. The van der Waals surface area contributed by atoms with Crippen molar-refractivity contribution in [2.45, 2.75) is 57.9 Å². The fourth-order valence-electron chi connectivity index (χ4n) is 3.03. The van der Waals surface area contributed by atoms with Crippen molar-refractivity contribution in [2.75, 3.05) is 0 Å². The molecule has 0 saturated carbocycles. The molecule has 1 aliphatic rings. The fourth-order valence-corrected chi connectivity index (χ4v) is 4.01. The maximum absolute atomic E-state index is 12.6. The molecule has 2 aromatic heterocycles. The van der Waals surface area contributed by atoms with Crippen molar-refractivity contribution in [3.8, 4) is 0 Å². The van der Waals surface area contributed by atoms with E-state index < -0.39 is 0 Å². The molecule has 1 aliphatic carbocycles. The number of nitrogens with zero attached hydrogens (tertiary/aromatic N) is 2. The lowest BCUT2D eigenvalue weighted by atomic mass is 9.83. The van der Waals surface area contributed by atoms with Crippen LogP contribution in [0.5, 0.6) is 0 Å². The predicted octanol–water partition coefficient (Wildman–Crippen LogP) is 4.15. The van der Waals surface area contributed by atoms with Gasteiger partial charge in [-0.1, -0.05) is 6.92 Å². The summed E-state index contributed by atoms with van der Waals surface area (Å²) in [6.45, 7) is 4.30. The number of aryl methyl sites for hydroxylation is 1. The van der Waals surface area contributed by atoms with Crippen LogP contribution in [-0.4, -0.2) is 15.6 Å². The predicted molar refractivity (Wildman–Crippen MR) is 85.9 cm³/mol. The third-order valence-corrected chi connectivity index (χ3v) is 5.50. The van der Waals surface area contributed by atoms with Gasteiger partial charge in [-0.3, -0.25) is 9.48 Å². The summed E-state index contributed by atoms with van der Waals surface area (Å²) in [4.78, 5) is 14.0. The number of Topliss-reactive ketones (excluding diaryl/α,β-unsaturated/α-hetero) is 1.